The zero-order valence-electron chi connectivity index (χ0n) is 12.0. The largest absolute Gasteiger partial charge is 0.463 e. The third-order valence-corrected chi connectivity index (χ3v) is 3.82. The van der Waals surface area contributed by atoms with Gasteiger partial charge in [0, 0.05) is 11.8 Å². The summed E-state index contributed by atoms with van der Waals surface area (Å²) in [4.78, 5) is 2.33. The highest BCUT2D eigenvalue weighted by Crippen LogP contribution is 2.12. The lowest BCUT2D eigenvalue weighted by Gasteiger charge is -2.22. The third kappa shape index (κ3) is 5.46. The first kappa shape index (κ1) is 15.6. The average molecular weight is 270 g/mol. The minimum Gasteiger partial charge on any atom is -0.463 e. The SMILES string of the molecule is CCCNCc1ccc(CN(C)C(C)CSC)o1. The lowest BCUT2D eigenvalue weighted by Crippen LogP contribution is -2.30. The predicted molar refractivity (Wildman–Crippen MR) is 80.0 cm³/mol. The zero-order chi connectivity index (χ0) is 13.4. The number of thioether (sulfide) groups is 1. The Hall–Kier alpha value is -0.450. The molecule has 0 aliphatic heterocycles. The van der Waals surface area contributed by atoms with Crippen molar-refractivity contribution in [3.63, 3.8) is 0 Å². The van der Waals surface area contributed by atoms with Crippen LogP contribution in [0, 0.1) is 0 Å². The van der Waals surface area contributed by atoms with Gasteiger partial charge >= 0.3 is 0 Å². The van der Waals surface area contributed by atoms with Crippen LogP contribution in [0.4, 0.5) is 0 Å². The maximum absolute atomic E-state index is 5.82. The second-order valence-electron chi connectivity index (χ2n) is 4.76. The number of nitrogens with zero attached hydrogens (tertiary/aromatic N) is 1. The third-order valence-electron chi connectivity index (χ3n) is 3.01. The lowest BCUT2D eigenvalue weighted by molar-refractivity contribution is 0.244. The molecule has 1 aromatic rings. The second-order valence-corrected chi connectivity index (χ2v) is 5.67. The Kier molecular flexibility index (Phi) is 7.47. The van der Waals surface area contributed by atoms with E-state index in [-0.39, 0.29) is 0 Å². The fourth-order valence-electron chi connectivity index (χ4n) is 1.76. The molecule has 0 radical (unpaired) electrons. The molecule has 1 aromatic heterocycles. The zero-order valence-corrected chi connectivity index (χ0v) is 12.8. The summed E-state index contributed by atoms with van der Waals surface area (Å²) in [7, 11) is 2.15. The summed E-state index contributed by atoms with van der Waals surface area (Å²) in [6.45, 7) is 7.18. The first-order valence-electron chi connectivity index (χ1n) is 6.64. The molecule has 0 saturated heterocycles. The van der Waals surface area contributed by atoms with Crippen molar-refractivity contribution < 1.29 is 4.42 Å². The van der Waals surface area contributed by atoms with Crippen molar-refractivity contribution in [1.29, 1.82) is 0 Å². The van der Waals surface area contributed by atoms with Crippen molar-refractivity contribution in [2.45, 2.75) is 39.4 Å². The Bertz CT molecular complexity index is 327. The van der Waals surface area contributed by atoms with Crippen LogP contribution in [-0.2, 0) is 13.1 Å². The Morgan fingerprint density at radius 2 is 2.11 bits per heavy atom. The minimum absolute atomic E-state index is 0.576. The van der Waals surface area contributed by atoms with Gasteiger partial charge in [-0.05, 0) is 45.3 Å². The molecule has 0 spiro atoms. The van der Waals surface area contributed by atoms with E-state index in [2.05, 4.69) is 49.5 Å². The Labute approximate surface area is 115 Å². The highest BCUT2D eigenvalue weighted by atomic mass is 32.2. The Balaban J connectivity index is 2.38. The molecule has 0 aliphatic rings. The van der Waals surface area contributed by atoms with Gasteiger partial charge in [0.25, 0.3) is 0 Å². The summed E-state index contributed by atoms with van der Waals surface area (Å²) in [6, 6.07) is 4.74. The van der Waals surface area contributed by atoms with Gasteiger partial charge in [0.2, 0.25) is 0 Å². The van der Waals surface area contributed by atoms with Crippen molar-refractivity contribution in [1.82, 2.24) is 10.2 Å². The molecule has 0 amide bonds. The van der Waals surface area contributed by atoms with Crippen LogP contribution in [0.15, 0.2) is 16.5 Å². The summed E-state index contributed by atoms with van der Waals surface area (Å²) in [5.74, 6) is 3.24. The topological polar surface area (TPSA) is 28.4 Å². The van der Waals surface area contributed by atoms with Crippen LogP contribution in [0.5, 0.6) is 0 Å². The van der Waals surface area contributed by atoms with Gasteiger partial charge in [0.05, 0.1) is 13.1 Å². The van der Waals surface area contributed by atoms with E-state index in [1.54, 1.807) is 0 Å². The molecule has 104 valence electrons. The van der Waals surface area contributed by atoms with Crippen molar-refractivity contribution in [2.75, 3.05) is 25.6 Å². The van der Waals surface area contributed by atoms with Gasteiger partial charge in [-0.25, -0.2) is 0 Å². The summed E-state index contributed by atoms with van der Waals surface area (Å²) in [5, 5.41) is 3.35. The van der Waals surface area contributed by atoms with Crippen molar-refractivity contribution in [2.24, 2.45) is 0 Å². The molecule has 1 N–H and O–H groups in total. The van der Waals surface area contributed by atoms with Gasteiger partial charge in [-0.2, -0.15) is 11.8 Å². The van der Waals surface area contributed by atoms with E-state index >= 15 is 0 Å². The van der Waals surface area contributed by atoms with Gasteiger partial charge < -0.3 is 9.73 Å². The van der Waals surface area contributed by atoms with Gasteiger partial charge in [0.1, 0.15) is 11.5 Å². The number of hydrogen-bond donors (Lipinski definition) is 1. The van der Waals surface area contributed by atoms with E-state index in [0.717, 1.165) is 43.3 Å². The van der Waals surface area contributed by atoms with E-state index in [4.69, 9.17) is 4.42 Å². The highest BCUT2D eigenvalue weighted by molar-refractivity contribution is 7.98. The molecule has 18 heavy (non-hydrogen) atoms. The van der Waals surface area contributed by atoms with Gasteiger partial charge in [-0.3, -0.25) is 4.90 Å². The fraction of sp³-hybridized carbons (Fsp3) is 0.714. The fourth-order valence-corrected chi connectivity index (χ4v) is 2.50. The quantitative estimate of drug-likeness (QED) is 0.698. The maximum Gasteiger partial charge on any atom is 0.118 e. The molecule has 4 heteroatoms. The van der Waals surface area contributed by atoms with E-state index < -0.39 is 0 Å². The van der Waals surface area contributed by atoms with E-state index in [1.165, 1.54) is 0 Å². The lowest BCUT2D eigenvalue weighted by atomic mass is 10.3. The monoisotopic (exact) mass is 270 g/mol. The number of hydrogen-bond acceptors (Lipinski definition) is 4. The number of rotatable bonds is 9. The summed E-state index contributed by atoms with van der Waals surface area (Å²) >= 11 is 1.89. The van der Waals surface area contributed by atoms with Crippen molar-refractivity contribution in [3.8, 4) is 0 Å². The molecule has 0 saturated carbocycles. The highest BCUT2D eigenvalue weighted by Gasteiger charge is 2.11. The normalized spacial score (nSPS) is 13.2. The van der Waals surface area contributed by atoms with Crippen LogP contribution < -0.4 is 5.32 Å². The molecule has 0 aromatic carbocycles. The van der Waals surface area contributed by atoms with Crippen LogP contribution in [0.3, 0.4) is 0 Å². The minimum atomic E-state index is 0.576. The molecular formula is C14H26N2OS. The Morgan fingerprint density at radius 3 is 2.78 bits per heavy atom. The predicted octanol–water partition coefficient (Wildman–Crippen LogP) is 2.96. The van der Waals surface area contributed by atoms with Gasteiger partial charge in [0.15, 0.2) is 0 Å². The molecule has 1 unspecified atom stereocenters. The van der Waals surface area contributed by atoms with E-state index in [1.807, 2.05) is 11.8 Å². The van der Waals surface area contributed by atoms with E-state index in [0.29, 0.717) is 6.04 Å². The van der Waals surface area contributed by atoms with Crippen LogP contribution >= 0.6 is 11.8 Å². The average Bonchev–Trinajstić information content (AvgIpc) is 2.77. The van der Waals surface area contributed by atoms with Crippen LogP contribution in [-0.4, -0.2) is 36.5 Å². The van der Waals surface area contributed by atoms with Crippen molar-refractivity contribution >= 4 is 11.8 Å². The molecule has 0 fully saturated rings. The smallest absolute Gasteiger partial charge is 0.118 e. The van der Waals surface area contributed by atoms with Gasteiger partial charge in [-0.1, -0.05) is 6.92 Å². The van der Waals surface area contributed by atoms with E-state index in [9.17, 15) is 0 Å². The van der Waals surface area contributed by atoms with Crippen molar-refractivity contribution in [3.05, 3.63) is 23.7 Å². The summed E-state index contributed by atoms with van der Waals surface area (Å²) in [5.41, 5.74) is 0. The standard InChI is InChI=1S/C14H26N2OS/c1-5-8-15-9-13-6-7-14(17-13)10-16(3)12(2)11-18-4/h6-7,12,15H,5,8-11H2,1-4H3. The van der Waals surface area contributed by atoms with Crippen LogP contribution in [0.25, 0.3) is 0 Å². The number of furan rings is 1. The molecule has 0 aliphatic carbocycles. The van der Waals surface area contributed by atoms with Gasteiger partial charge in [-0.15, -0.1) is 0 Å². The summed E-state index contributed by atoms with van der Waals surface area (Å²) in [6.07, 6.45) is 3.30. The Morgan fingerprint density at radius 1 is 1.39 bits per heavy atom. The first-order chi connectivity index (χ1) is 8.67. The summed E-state index contributed by atoms with van der Waals surface area (Å²) < 4.78 is 5.82. The molecule has 3 nitrogen and oxygen atoms in total. The molecule has 1 atom stereocenters. The second kappa shape index (κ2) is 8.62. The molecule has 1 heterocycles. The first-order valence-corrected chi connectivity index (χ1v) is 8.04. The van der Waals surface area contributed by atoms with Crippen LogP contribution in [0.2, 0.25) is 0 Å². The molecular weight excluding hydrogens is 244 g/mol. The molecule has 1 rings (SSSR count). The molecule has 0 bridgehead atoms. The maximum atomic E-state index is 5.82. The number of nitrogens with one attached hydrogen (secondary N) is 1. The van der Waals surface area contributed by atoms with Crippen LogP contribution in [0.1, 0.15) is 31.8 Å².